The van der Waals surface area contributed by atoms with Crippen LogP contribution in [-0.4, -0.2) is 54.2 Å². The highest BCUT2D eigenvalue weighted by atomic mass is 16.5. The van der Waals surface area contributed by atoms with Gasteiger partial charge in [-0.2, -0.15) is 0 Å². The molecule has 0 spiro atoms. The highest BCUT2D eigenvalue weighted by Gasteiger charge is 2.23. The molecule has 0 aliphatic carbocycles. The lowest BCUT2D eigenvalue weighted by Crippen LogP contribution is -2.47. The van der Waals surface area contributed by atoms with Crippen molar-refractivity contribution in [2.45, 2.75) is 39.3 Å². The first-order valence-corrected chi connectivity index (χ1v) is 7.10. The summed E-state index contributed by atoms with van der Waals surface area (Å²) in [5.74, 6) is 0.884. The number of carbonyl (C=O) groups is 1. The number of amides is 2. The van der Waals surface area contributed by atoms with Crippen LogP contribution in [0.3, 0.4) is 0 Å². The molecule has 1 aliphatic heterocycles. The van der Waals surface area contributed by atoms with Crippen molar-refractivity contribution < 1.29 is 9.32 Å². The van der Waals surface area contributed by atoms with E-state index in [1.165, 1.54) is 0 Å². The van der Waals surface area contributed by atoms with Crippen LogP contribution in [-0.2, 0) is 6.54 Å². The third kappa shape index (κ3) is 3.30. The van der Waals surface area contributed by atoms with Gasteiger partial charge in [0.15, 0.2) is 0 Å². The van der Waals surface area contributed by atoms with Crippen molar-refractivity contribution in [1.82, 2.24) is 20.3 Å². The number of likely N-dealkylation sites (tertiary alicyclic amines) is 1. The van der Waals surface area contributed by atoms with Gasteiger partial charge in [0.2, 0.25) is 0 Å². The van der Waals surface area contributed by atoms with E-state index in [0.717, 1.165) is 49.5 Å². The van der Waals surface area contributed by atoms with Crippen LogP contribution in [0, 0.1) is 13.8 Å². The van der Waals surface area contributed by atoms with Crippen LogP contribution in [0.1, 0.15) is 29.9 Å². The van der Waals surface area contributed by atoms with Gasteiger partial charge in [-0.05, 0) is 26.7 Å². The summed E-state index contributed by atoms with van der Waals surface area (Å²) < 4.78 is 5.16. The van der Waals surface area contributed by atoms with E-state index in [2.05, 4.69) is 10.5 Å². The van der Waals surface area contributed by atoms with Crippen LogP contribution in [0.5, 0.6) is 0 Å². The summed E-state index contributed by atoms with van der Waals surface area (Å²) in [4.78, 5) is 15.4. The Labute approximate surface area is 120 Å². The molecule has 2 rings (SSSR count). The lowest BCUT2D eigenvalue weighted by atomic mass is 10.0. The third-order valence-corrected chi connectivity index (χ3v) is 3.90. The number of aryl methyl sites for hydroxylation is 2. The van der Waals surface area contributed by atoms with E-state index in [4.69, 9.17) is 4.52 Å². The number of hydrogen-bond acceptors (Lipinski definition) is 4. The molecular formula is C14H24N4O2. The first-order chi connectivity index (χ1) is 9.49. The number of urea groups is 1. The molecule has 6 heteroatoms. The van der Waals surface area contributed by atoms with Gasteiger partial charge < -0.3 is 19.6 Å². The van der Waals surface area contributed by atoms with E-state index in [1.807, 2.05) is 18.7 Å². The van der Waals surface area contributed by atoms with Gasteiger partial charge in [0.1, 0.15) is 5.76 Å². The fraction of sp³-hybridized carbons (Fsp3) is 0.714. The average molecular weight is 280 g/mol. The van der Waals surface area contributed by atoms with Gasteiger partial charge >= 0.3 is 6.03 Å². The molecule has 0 bridgehead atoms. The molecule has 0 radical (unpaired) electrons. The fourth-order valence-corrected chi connectivity index (χ4v) is 2.56. The Morgan fingerprint density at radius 3 is 2.55 bits per heavy atom. The molecule has 2 heterocycles. The lowest BCUT2D eigenvalue weighted by molar-refractivity contribution is 0.152. The molecule has 0 aromatic carbocycles. The molecule has 1 aromatic rings. The molecule has 2 amide bonds. The molecule has 1 aromatic heterocycles. The number of hydrogen-bond donors (Lipinski definition) is 1. The zero-order valence-corrected chi connectivity index (χ0v) is 12.8. The van der Waals surface area contributed by atoms with Gasteiger partial charge in [-0.3, -0.25) is 0 Å². The van der Waals surface area contributed by atoms with Crippen molar-refractivity contribution >= 4 is 6.03 Å². The largest absolute Gasteiger partial charge is 0.361 e. The number of carbonyl (C=O) groups excluding carboxylic acids is 1. The third-order valence-electron chi connectivity index (χ3n) is 3.90. The van der Waals surface area contributed by atoms with Gasteiger partial charge in [0.25, 0.3) is 0 Å². The van der Waals surface area contributed by atoms with Crippen molar-refractivity contribution in [3.8, 4) is 0 Å². The van der Waals surface area contributed by atoms with Crippen LogP contribution in [0.4, 0.5) is 4.79 Å². The Kier molecular flexibility index (Phi) is 4.65. The molecule has 1 saturated heterocycles. The molecule has 0 saturated carbocycles. The molecule has 0 atom stereocenters. The van der Waals surface area contributed by atoms with Gasteiger partial charge in [-0.25, -0.2) is 4.79 Å². The molecule has 0 unspecified atom stereocenters. The summed E-state index contributed by atoms with van der Waals surface area (Å²) in [6.07, 6.45) is 1.98. The van der Waals surface area contributed by atoms with Crippen LogP contribution in [0.2, 0.25) is 0 Å². The Morgan fingerprint density at radius 1 is 1.40 bits per heavy atom. The molecule has 20 heavy (non-hydrogen) atoms. The number of nitrogens with zero attached hydrogens (tertiary/aromatic N) is 3. The molecule has 1 aliphatic rings. The molecule has 1 fully saturated rings. The maximum atomic E-state index is 11.8. The van der Waals surface area contributed by atoms with Crippen LogP contribution in [0.15, 0.2) is 4.52 Å². The van der Waals surface area contributed by atoms with Crippen LogP contribution >= 0.6 is 0 Å². The van der Waals surface area contributed by atoms with E-state index in [9.17, 15) is 4.79 Å². The molecule has 6 nitrogen and oxygen atoms in total. The minimum Gasteiger partial charge on any atom is -0.361 e. The molecule has 1 N–H and O–H groups in total. The monoisotopic (exact) mass is 280 g/mol. The Bertz CT molecular complexity index is 442. The minimum atomic E-state index is 0.106. The summed E-state index contributed by atoms with van der Waals surface area (Å²) in [6, 6.07) is 0.559. The van der Waals surface area contributed by atoms with E-state index in [0.29, 0.717) is 6.04 Å². The predicted molar refractivity (Wildman–Crippen MR) is 76.5 cm³/mol. The first kappa shape index (κ1) is 14.8. The highest BCUT2D eigenvalue weighted by Crippen LogP contribution is 2.15. The van der Waals surface area contributed by atoms with E-state index >= 15 is 0 Å². The Morgan fingerprint density at radius 2 is 2.05 bits per heavy atom. The Balaban J connectivity index is 1.79. The maximum absolute atomic E-state index is 11.8. The Hall–Kier alpha value is -1.56. The SMILES string of the molecule is Cc1noc(C)c1CNC1CCN(C(=O)N(C)C)CC1. The summed E-state index contributed by atoms with van der Waals surface area (Å²) >= 11 is 0. The average Bonchev–Trinajstić information content (AvgIpc) is 2.75. The predicted octanol–water partition coefficient (Wildman–Crippen LogP) is 1.53. The van der Waals surface area contributed by atoms with Crippen molar-refractivity contribution in [2.75, 3.05) is 27.2 Å². The summed E-state index contributed by atoms with van der Waals surface area (Å²) in [5, 5.41) is 7.50. The topological polar surface area (TPSA) is 61.6 Å². The van der Waals surface area contributed by atoms with Crippen LogP contribution < -0.4 is 5.32 Å². The maximum Gasteiger partial charge on any atom is 0.319 e. The first-order valence-electron chi connectivity index (χ1n) is 7.10. The second-order valence-electron chi connectivity index (χ2n) is 5.62. The van der Waals surface area contributed by atoms with Crippen molar-refractivity contribution in [3.05, 3.63) is 17.0 Å². The molecular weight excluding hydrogens is 256 g/mol. The second kappa shape index (κ2) is 6.26. The smallest absolute Gasteiger partial charge is 0.319 e. The number of piperidine rings is 1. The molecule has 112 valence electrons. The van der Waals surface area contributed by atoms with Gasteiger partial charge in [0.05, 0.1) is 5.69 Å². The standard InChI is InChI=1S/C14H24N4O2/c1-10-13(11(2)20-16-10)9-15-12-5-7-18(8-6-12)14(19)17(3)4/h12,15H,5-9H2,1-4H3. The van der Waals surface area contributed by atoms with E-state index < -0.39 is 0 Å². The number of nitrogens with one attached hydrogen (secondary N) is 1. The van der Waals surface area contributed by atoms with Crippen LogP contribution in [0.25, 0.3) is 0 Å². The second-order valence-corrected chi connectivity index (χ2v) is 5.62. The zero-order valence-electron chi connectivity index (χ0n) is 12.8. The summed E-state index contributed by atoms with van der Waals surface area (Å²) in [7, 11) is 3.59. The summed E-state index contributed by atoms with van der Waals surface area (Å²) in [5.41, 5.74) is 2.10. The quantitative estimate of drug-likeness (QED) is 0.912. The number of aromatic nitrogens is 1. The highest BCUT2D eigenvalue weighted by molar-refractivity contribution is 5.73. The number of rotatable bonds is 3. The van der Waals surface area contributed by atoms with Gasteiger partial charge in [0, 0.05) is 45.3 Å². The van der Waals surface area contributed by atoms with E-state index in [-0.39, 0.29) is 6.03 Å². The summed E-state index contributed by atoms with van der Waals surface area (Å²) in [6.45, 7) is 6.32. The van der Waals surface area contributed by atoms with Crippen molar-refractivity contribution in [1.29, 1.82) is 0 Å². The zero-order chi connectivity index (χ0) is 14.7. The van der Waals surface area contributed by atoms with Gasteiger partial charge in [-0.15, -0.1) is 0 Å². The van der Waals surface area contributed by atoms with Crippen molar-refractivity contribution in [2.24, 2.45) is 0 Å². The lowest BCUT2D eigenvalue weighted by Gasteiger charge is -2.34. The minimum absolute atomic E-state index is 0.106. The van der Waals surface area contributed by atoms with Crippen molar-refractivity contribution in [3.63, 3.8) is 0 Å². The van der Waals surface area contributed by atoms with E-state index in [1.54, 1.807) is 19.0 Å². The fourth-order valence-electron chi connectivity index (χ4n) is 2.56. The normalized spacial score (nSPS) is 16.5. The van der Waals surface area contributed by atoms with Gasteiger partial charge in [-0.1, -0.05) is 5.16 Å².